The molecule has 0 radical (unpaired) electrons. The van der Waals surface area contributed by atoms with Crippen LogP contribution in [0.25, 0.3) is 0 Å². The van der Waals surface area contributed by atoms with E-state index in [2.05, 4.69) is 10.6 Å². The summed E-state index contributed by atoms with van der Waals surface area (Å²) in [5.74, 6) is -0.188. The van der Waals surface area contributed by atoms with E-state index in [0.717, 1.165) is 0 Å². The predicted molar refractivity (Wildman–Crippen MR) is 111 cm³/mol. The first-order chi connectivity index (χ1) is 14.1. The highest BCUT2D eigenvalue weighted by atomic mass is 16.5. The molecule has 0 atom stereocenters. The third kappa shape index (κ3) is 4.79. The molecular formula is C23H19N3O3. The number of benzene rings is 3. The average Bonchev–Trinajstić information content (AvgIpc) is 2.75. The summed E-state index contributed by atoms with van der Waals surface area (Å²) >= 11 is 0. The number of nitrogens with one attached hydrogen (secondary N) is 2. The second-order valence-corrected chi connectivity index (χ2v) is 6.08. The quantitative estimate of drug-likeness (QED) is 0.655. The Morgan fingerprint density at radius 2 is 1.45 bits per heavy atom. The number of hydrogen-bond acceptors (Lipinski definition) is 4. The molecule has 0 aromatic heterocycles. The van der Waals surface area contributed by atoms with E-state index in [9.17, 15) is 9.59 Å². The zero-order valence-electron chi connectivity index (χ0n) is 15.8. The molecule has 3 aromatic carbocycles. The van der Waals surface area contributed by atoms with E-state index >= 15 is 0 Å². The Balaban J connectivity index is 1.78. The number of hydrogen-bond donors (Lipinski definition) is 2. The van der Waals surface area contributed by atoms with Crippen LogP contribution in [-0.2, 0) is 0 Å². The molecule has 0 aliphatic rings. The zero-order valence-corrected chi connectivity index (χ0v) is 15.8. The fraction of sp³-hybridized carbons (Fsp3) is 0.0870. The van der Waals surface area contributed by atoms with E-state index in [4.69, 9.17) is 10.00 Å². The summed E-state index contributed by atoms with van der Waals surface area (Å²) in [5, 5.41) is 14.7. The minimum absolute atomic E-state index is 0.309. The Kier molecular flexibility index (Phi) is 6.23. The molecule has 0 aliphatic carbocycles. The van der Waals surface area contributed by atoms with Crippen molar-refractivity contribution < 1.29 is 14.3 Å². The topological polar surface area (TPSA) is 91.2 Å². The molecule has 0 fully saturated rings. The lowest BCUT2D eigenvalue weighted by atomic mass is 10.1. The summed E-state index contributed by atoms with van der Waals surface area (Å²) in [6.45, 7) is 2.35. The van der Waals surface area contributed by atoms with Gasteiger partial charge in [-0.1, -0.05) is 30.3 Å². The largest absolute Gasteiger partial charge is 0.492 e. The molecule has 0 saturated heterocycles. The summed E-state index contributed by atoms with van der Waals surface area (Å²) in [6, 6.07) is 22.3. The van der Waals surface area contributed by atoms with E-state index < -0.39 is 5.91 Å². The first-order valence-corrected chi connectivity index (χ1v) is 9.06. The van der Waals surface area contributed by atoms with Crippen LogP contribution in [0.15, 0.2) is 72.8 Å². The van der Waals surface area contributed by atoms with Gasteiger partial charge in [-0.15, -0.1) is 0 Å². The van der Waals surface area contributed by atoms with Gasteiger partial charge < -0.3 is 15.4 Å². The Morgan fingerprint density at radius 3 is 2.10 bits per heavy atom. The lowest BCUT2D eigenvalue weighted by Crippen LogP contribution is -2.16. The molecule has 0 unspecified atom stereocenters. The molecule has 6 nitrogen and oxygen atoms in total. The van der Waals surface area contributed by atoms with Gasteiger partial charge in [-0.3, -0.25) is 9.59 Å². The van der Waals surface area contributed by atoms with Crippen molar-refractivity contribution >= 4 is 23.2 Å². The van der Waals surface area contributed by atoms with E-state index in [1.54, 1.807) is 60.7 Å². The Labute approximate surface area is 168 Å². The van der Waals surface area contributed by atoms with Crippen LogP contribution < -0.4 is 15.4 Å². The van der Waals surface area contributed by atoms with Crippen LogP contribution in [0, 0.1) is 11.3 Å². The first-order valence-electron chi connectivity index (χ1n) is 9.06. The van der Waals surface area contributed by atoms with Crippen LogP contribution in [0.1, 0.15) is 33.2 Å². The highest BCUT2D eigenvalue weighted by Gasteiger charge is 2.14. The van der Waals surface area contributed by atoms with Gasteiger partial charge in [0.15, 0.2) is 0 Å². The Bertz CT molecular complexity index is 1090. The van der Waals surface area contributed by atoms with Crippen molar-refractivity contribution in [3.8, 4) is 11.8 Å². The number of nitriles is 1. The SMILES string of the molecule is CCOc1ccccc1NC(=O)c1cccc(C(=O)Nc2ccccc2C#N)c1. The van der Waals surface area contributed by atoms with Crippen molar-refractivity contribution in [3.05, 3.63) is 89.5 Å². The van der Waals surface area contributed by atoms with Gasteiger partial charge in [-0.2, -0.15) is 5.26 Å². The normalized spacial score (nSPS) is 9.93. The highest BCUT2D eigenvalue weighted by molar-refractivity contribution is 6.09. The van der Waals surface area contributed by atoms with Gasteiger partial charge in [0.2, 0.25) is 0 Å². The maximum atomic E-state index is 12.7. The second-order valence-electron chi connectivity index (χ2n) is 6.08. The lowest BCUT2D eigenvalue weighted by Gasteiger charge is -2.12. The van der Waals surface area contributed by atoms with Crippen LogP contribution in [0.4, 0.5) is 11.4 Å². The molecule has 0 saturated carbocycles. The molecule has 0 bridgehead atoms. The molecule has 6 heteroatoms. The van der Waals surface area contributed by atoms with Crippen molar-refractivity contribution in [3.63, 3.8) is 0 Å². The number of rotatable bonds is 6. The Morgan fingerprint density at radius 1 is 0.862 bits per heavy atom. The summed E-state index contributed by atoms with van der Waals surface area (Å²) in [7, 11) is 0. The predicted octanol–water partition coefficient (Wildman–Crippen LogP) is 4.46. The number of carbonyl (C=O) groups is 2. The fourth-order valence-electron chi connectivity index (χ4n) is 2.73. The van der Waals surface area contributed by atoms with E-state index in [1.807, 2.05) is 19.1 Å². The monoisotopic (exact) mass is 385 g/mol. The Hall–Kier alpha value is -4.11. The van der Waals surface area contributed by atoms with Gasteiger partial charge in [-0.05, 0) is 49.4 Å². The maximum Gasteiger partial charge on any atom is 0.255 e. The number of nitrogens with zero attached hydrogens (tertiary/aromatic N) is 1. The van der Waals surface area contributed by atoms with Gasteiger partial charge in [0.25, 0.3) is 11.8 Å². The smallest absolute Gasteiger partial charge is 0.255 e. The van der Waals surface area contributed by atoms with Crippen molar-refractivity contribution in [2.24, 2.45) is 0 Å². The standard InChI is InChI=1S/C23H19N3O3/c1-2-29-21-13-6-5-12-20(21)26-23(28)17-10-7-9-16(14-17)22(27)25-19-11-4-3-8-18(19)15-24/h3-14H,2H2,1H3,(H,25,27)(H,26,28). The molecule has 144 valence electrons. The maximum absolute atomic E-state index is 12.7. The van der Waals surface area contributed by atoms with Crippen molar-refractivity contribution in [2.45, 2.75) is 6.92 Å². The van der Waals surface area contributed by atoms with Crippen LogP contribution in [0.3, 0.4) is 0 Å². The fourth-order valence-corrected chi connectivity index (χ4v) is 2.73. The van der Waals surface area contributed by atoms with Gasteiger partial charge in [0, 0.05) is 11.1 Å². The van der Waals surface area contributed by atoms with Crippen molar-refractivity contribution in [1.82, 2.24) is 0 Å². The van der Waals surface area contributed by atoms with Gasteiger partial charge in [0.05, 0.1) is 23.5 Å². The average molecular weight is 385 g/mol. The van der Waals surface area contributed by atoms with Gasteiger partial charge in [0.1, 0.15) is 11.8 Å². The summed E-state index contributed by atoms with van der Waals surface area (Å²) in [5.41, 5.74) is 1.97. The van der Waals surface area contributed by atoms with Crippen LogP contribution >= 0.6 is 0 Å². The minimum Gasteiger partial charge on any atom is -0.492 e. The number of carbonyl (C=O) groups excluding carboxylic acids is 2. The second kappa shape index (κ2) is 9.20. The molecular weight excluding hydrogens is 366 g/mol. The number of ether oxygens (including phenoxy) is 1. The van der Waals surface area contributed by atoms with E-state index in [-0.39, 0.29) is 5.91 Å². The summed E-state index contributed by atoms with van der Waals surface area (Å²) in [6.07, 6.45) is 0. The number of amides is 2. The van der Waals surface area contributed by atoms with Gasteiger partial charge >= 0.3 is 0 Å². The molecule has 2 N–H and O–H groups in total. The third-order valence-corrected chi connectivity index (χ3v) is 4.12. The van der Waals surface area contributed by atoms with Crippen LogP contribution in [0.5, 0.6) is 5.75 Å². The third-order valence-electron chi connectivity index (χ3n) is 4.12. The zero-order chi connectivity index (χ0) is 20.6. The first kappa shape index (κ1) is 19.6. The molecule has 0 spiro atoms. The molecule has 3 rings (SSSR count). The number of anilines is 2. The molecule has 2 amide bonds. The summed E-state index contributed by atoms with van der Waals surface area (Å²) < 4.78 is 5.52. The summed E-state index contributed by atoms with van der Waals surface area (Å²) in [4.78, 5) is 25.2. The molecule has 0 aliphatic heterocycles. The van der Waals surface area contributed by atoms with Crippen LogP contribution in [0.2, 0.25) is 0 Å². The van der Waals surface area contributed by atoms with E-state index in [0.29, 0.717) is 40.4 Å². The van der Waals surface area contributed by atoms with Crippen molar-refractivity contribution in [2.75, 3.05) is 17.2 Å². The minimum atomic E-state index is -0.405. The lowest BCUT2D eigenvalue weighted by molar-refractivity contribution is 0.102. The molecule has 0 heterocycles. The van der Waals surface area contributed by atoms with Crippen molar-refractivity contribution in [1.29, 1.82) is 5.26 Å². The van der Waals surface area contributed by atoms with Gasteiger partial charge in [-0.25, -0.2) is 0 Å². The molecule has 29 heavy (non-hydrogen) atoms. The number of para-hydroxylation sites is 3. The molecule has 3 aromatic rings. The van der Waals surface area contributed by atoms with E-state index in [1.165, 1.54) is 6.07 Å². The highest BCUT2D eigenvalue weighted by Crippen LogP contribution is 2.24. The van der Waals surface area contributed by atoms with Crippen LogP contribution in [-0.4, -0.2) is 18.4 Å².